The van der Waals surface area contributed by atoms with Gasteiger partial charge in [-0.05, 0) is 57.2 Å². The molecule has 122 valence electrons. The molecule has 0 aromatic heterocycles. The monoisotopic (exact) mass is 302 g/mol. The fourth-order valence-electron chi connectivity index (χ4n) is 2.31. The number of benzene rings is 1. The Morgan fingerprint density at radius 3 is 2.45 bits per heavy atom. The molecule has 22 heavy (non-hydrogen) atoms. The van der Waals surface area contributed by atoms with E-state index in [1.54, 1.807) is 6.92 Å². The molecule has 0 heterocycles. The summed E-state index contributed by atoms with van der Waals surface area (Å²) in [5, 5.41) is 0. The lowest BCUT2D eigenvalue weighted by atomic mass is 10.1. The normalized spacial score (nSPS) is 11.5. The predicted molar refractivity (Wildman–Crippen MR) is 93.5 cm³/mol. The average Bonchev–Trinajstić information content (AvgIpc) is 2.51. The summed E-state index contributed by atoms with van der Waals surface area (Å²) in [5.41, 5.74) is 2.66. The SMILES string of the molecule is CCCCCC(C)=CCCOc1ccc(CCC(C)=O)cc1. The molecule has 1 rings (SSSR count). The lowest BCUT2D eigenvalue weighted by Gasteiger charge is -2.06. The van der Waals surface area contributed by atoms with Crippen molar-refractivity contribution in [3.8, 4) is 5.75 Å². The van der Waals surface area contributed by atoms with Gasteiger partial charge in [-0.1, -0.05) is 43.5 Å². The number of carbonyl (C=O) groups excluding carboxylic acids is 1. The van der Waals surface area contributed by atoms with Gasteiger partial charge in [-0.25, -0.2) is 0 Å². The van der Waals surface area contributed by atoms with Crippen LogP contribution in [0, 0.1) is 0 Å². The number of ketones is 1. The summed E-state index contributed by atoms with van der Waals surface area (Å²) in [7, 11) is 0. The molecule has 0 bridgehead atoms. The van der Waals surface area contributed by atoms with E-state index in [4.69, 9.17) is 4.74 Å². The van der Waals surface area contributed by atoms with E-state index in [1.807, 2.05) is 24.3 Å². The second-order valence-corrected chi connectivity index (χ2v) is 5.99. The maximum absolute atomic E-state index is 11.0. The van der Waals surface area contributed by atoms with E-state index in [9.17, 15) is 4.79 Å². The molecule has 2 heteroatoms. The molecule has 0 spiro atoms. The van der Waals surface area contributed by atoms with Crippen molar-refractivity contribution in [3.63, 3.8) is 0 Å². The maximum atomic E-state index is 11.0. The van der Waals surface area contributed by atoms with Gasteiger partial charge in [-0.3, -0.25) is 0 Å². The summed E-state index contributed by atoms with van der Waals surface area (Å²) < 4.78 is 5.75. The molecule has 0 radical (unpaired) electrons. The number of unbranched alkanes of at least 4 members (excludes halogenated alkanes) is 2. The van der Waals surface area contributed by atoms with Crippen molar-refractivity contribution in [1.29, 1.82) is 0 Å². The standard InChI is InChI=1S/C20H30O2/c1-4-5-6-8-17(2)9-7-16-22-20-14-12-19(13-15-20)11-10-18(3)21/h9,12-15H,4-8,10-11,16H2,1-3H3. The first-order valence-corrected chi connectivity index (χ1v) is 8.48. The minimum absolute atomic E-state index is 0.237. The number of Topliss-reactive ketones (excluding diaryl/α,β-unsaturated/α-hetero) is 1. The highest BCUT2D eigenvalue weighted by Crippen LogP contribution is 2.14. The third kappa shape index (κ3) is 8.66. The number of rotatable bonds is 11. The van der Waals surface area contributed by atoms with Crippen LogP contribution in [-0.2, 0) is 11.2 Å². The van der Waals surface area contributed by atoms with Crippen molar-refractivity contribution in [1.82, 2.24) is 0 Å². The average molecular weight is 302 g/mol. The molecule has 1 aromatic rings. The van der Waals surface area contributed by atoms with Crippen LogP contribution in [-0.4, -0.2) is 12.4 Å². The second-order valence-electron chi connectivity index (χ2n) is 5.99. The van der Waals surface area contributed by atoms with E-state index in [0.717, 1.165) is 25.2 Å². The summed E-state index contributed by atoms with van der Waals surface area (Å²) in [5.74, 6) is 1.14. The summed E-state index contributed by atoms with van der Waals surface area (Å²) in [6, 6.07) is 8.08. The zero-order chi connectivity index (χ0) is 16.2. The van der Waals surface area contributed by atoms with Gasteiger partial charge >= 0.3 is 0 Å². The van der Waals surface area contributed by atoms with Crippen molar-refractivity contribution in [2.75, 3.05) is 6.61 Å². The molecule has 0 atom stereocenters. The van der Waals surface area contributed by atoms with E-state index in [-0.39, 0.29) is 5.78 Å². The van der Waals surface area contributed by atoms with Crippen molar-refractivity contribution in [2.45, 2.75) is 65.7 Å². The number of hydrogen-bond donors (Lipinski definition) is 0. The van der Waals surface area contributed by atoms with Gasteiger partial charge in [0.15, 0.2) is 0 Å². The van der Waals surface area contributed by atoms with E-state index < -0.39 is 0 Å². The lowest BCUT2D eigenvalue weighted by molar-refractivity contribution is -0.116. The molecule has 0 amide bonds. The zero-order valence-corrected chi connectivity index (χ0v) is 14.4. The van der Waals surface area contributed by atoms with Crippen molar-refractivity contribution in [2.24, 2.45) is 0 Å². The van der Waals surface area contributed by atoms with Crippen LogP contribution in [0.4, 0.5) is 0 Å². The van der Waals surface area contributed by atoms with Gasteiger partial charge in [0, 0.05) is 6.42 Å². The van der Waals surface area contributed by atoms with Crippen LogP contribution in [0.15, 0.2) is 35.9 Å². The number of ether oxygens (including phenoxy) is 1. The van der Waals surface area contributed by atoms with Crippen LogP contribution >= 0.6 is 0 Å². The third-order valence-corrected chi connectivity index (χ3v) is 3.74. The molecule has 0 aliphatic carbocycles. The number of carbonyl (C=O) groups is 1. The Bertz CT molecular complexity index is 457. The van der Waals surface area contributed by atoms with Gasteiger partial charge in [-0.15, -0.1) is 0 Å². The van der Waals surface area contributed by atoms with E-state index in [1.165, 1.54) is 36.8 Å². The second kappa shape index (κ2) is 11.1. The predicted octanol–water partition coefficient (Wildman–Crippen LogP) is 5.50. The zero-order valence-electron chi connectivity index (χ0n) is 14.4. The Hall–Kier alpha value is -1.57. The minimum atomic E-state index is 0.237. The van der Waals surface area contributed by atoms with E-state index in [0.29, 0.717) is 6.42 Å². The van der Waals surface area contributed by atoms with Crippen molar-refractivity contribution < 1.29 is 9.53 Å². The van der Waals surface area contributed by atoms with Crippen LogP contribution in [0.25, 0.3) is 0 Å². The Morgan fingerprint density at radius 2 is 1.82 bits per heavy atom. The fourth-order valence-corrected chi connectivity index (χ4v) is 2.31. The largest absolute Gasteiger partial charge is 0.493 e. The first kappa shape index (κ1) is 18.5. The molecule has 2 nitrogen and oxygen atoms in total. The maximum Gasteiger partial charge on any atom is 0.130 e. The van der Waals surface area contributed by atoms with Crippen molar-refractivity contribution >= 4 is 5.78 Å². The Kier molecular flexibility index (Phi) is 9.29. The first-order valence-electron chi connectivity index (χ1n) is 8.48. The van der Waals surface area contributed by atoms with Gasteiger partial charge in [0.1, 0.15) is 11.5 Å². The minimum Gasteiger partial charge on any atom is -0.493 e. The molecule has 0 unspecified atom stereocenters. The highest BCUT2D eigenvalue weighted by atomic mass is 16.5. The van der Waals surface area contributed by atoms with Crippen molar-refractivity contribution in [3.05, 3.63) is 41.5 Å². The topological polar surface area (TPSA) is 26.3 Å². The van der Waals surface area contributed by atoms with Gasteiger partial charge in [-0.2, -0.15) is 0 Å². The molecule has 0 aliphatic rings. The molecule has 1 aromatic carbocycles. The van der Waals surface area contributed by atoms with Crippen LogP contribution in [0.2, 0.25) is 0 Å². The summed E-state index contributed by atoms with van der Waals surface area (Å²) in [6.45, 7) is 6.80. The highest BCUT2D eigenvalue weighted by molar-refractivity contribution is 5.75. The van der Waals surface area contributed by atoms with E-state index in [2.05, 4.69) is 19.9 Å². The van der Waals surface area contributed by atoms with Gasteiger partial charge in [0.05, 0.1) is 6.61 Å². The Balaban J connectivity index is 2.24. The number of allylic oxidation sites excluding steroid dienone is 1. The molecule has 0 N–H and O–H groups in total. The summed E-state index contributed by atoms with van der Waals surface area (Å²) in [6.07, 6.45) is 9.77. The molecule has 0 fully saturated rings. The number of hydrogen-bond acceptors (Lipinski definition) is 2. The van der Waals surface area contributed by atoms with Crippen LogP contribution in [0.5, 0.6) is 5.75 Å². The van der Waals surface area contributed by atoms with Gasteiger partial charge < -0.3 is 9.53 Å². The van der Waals surface area contributed by atoms with Gasteiger partial charge in [0.2, 0.25) is 0 Å². The Labute approximate surface area is 135 Å². The number of aryl methyl sites for hydroxylation is 1. The summed E-state index contributed by atoms with van der Waals surface area (Å²) in [4.78, 5) is 11.0. The Morgan fingerprint density at radius 1 is 1.09 bits per heavy atom. The molecule has 0 saturated heterocycles. The third-order valence-electron chi connectivity index (χ3n) is 3.74. The first-order chi connectivity index (χ1) is 10.6. The quantitative estimate of drug-likeness (QED) is 0.398. The van der Waals surface area contributed by atoms with E-state index >= 15 is 0 Å². The molecular formula is C20H30O2. The smallest absolute Gasteiger partial charge is 0.130 e. The molecule has 0 saturated carbocycles. The molecule has 0 aliphatic heterocycles. The highest BCUT2D eigenvalue weighted by Gasteiger charge is 1.98. The molecular weight excluding hydrogens is 272 g/mol. The van der Waals surface area contributed by atoms with Crippen LogP contribution in [0.1, 0.15) is 64.9 Å². The van der Waals surface area contributed by atoms with Crippen LogP contribution in [0.3, 0.4) is 0 Å². The summed E-state index contributed by atoms with van der Waals surface area (Å²) >= 11 is 0. The fraction of sp³-hybridized carbons (Fsp3) is 0.550. The lowest BCUT2D eigenvalue weighted by Crippen LogP contribution is -1.97. The van der Waals surface area contributed by atoms with Crippen LogP contribution < -0.4 is 4.74 Å². The van der Waals surface area contributed by atoms with Gasteiger partial charge in [0.25, 0.3) is 0 Å².